The third-order valence-electron chi connectivity index (χ3n) is 3.86. The number of aryl methyl sites for hydroxylation is 3. The second-order valence-corrected chi connectivity index (χ2v) is 7.97. The Balaban J connectivity index is 1.75. The maximum atomic E-state index is 12.5. The van der Waals surface area contributed by atoms with Crippen LogP contribution in [0, 0.1) is 20.8 Å². The third-order valence-corrected chi connectivity index (χ3v) is 5.13. The summed E-state index contributed by atoms with van der Waals surface area (Å²) in [5.41, 5.74) is 3.25. The minimum atomic E-state index is -3.96. The number of rotatable bonds is 5. The van der Waals surface area contributed by atoms with Crippen molar-refractivity contribution in [3.63, 3.8) is 0 Å². The molecule has 0 aliphatic carbocycles. The number of nitrogens with zero attached hydrogens (tertiary/aromatic N) is 3. The first-order valence-electron chi connectivity index (χ1n) is 8.51. The number of hydrogen-bond donors (Lipinski definition) is 1. The van der Waals surface area contributed by atoms with Crippen LogP contribution in [0.15, 0.2) is 59.5 Å². The molecule has 0 saturated carbocycles. The molecule has 0 radical (unpaired) electrons. The molecule has 0 atom stereocenters. The van der Waals surface area contributed by atoms with E-state index in [1.165, 1.54) is 24.3 Å². The van der Waals surface area contributed by atoms with Crippen molar-refractivity contribution in [2.24, 2.45) is 0 Å². The van der Waals surface area contributed by atoms with Crippen molar-refractivity contribution in [1.82, 2.24) is 9.97 Å². The Morgan fingerprint density at radius 3 is 2.18 bits per heavy atom. The van der Waals surface area contributed by atoms with Gasteiger partial charge in [0.2, 0.25) is 10.0 Å². The summed E-state index contributed by atoms with van der Waals surface area (Å²) in [4.78, 5) is 20.3. The molecule has 0 aliphatic heterocycles. The molecule has 1 heterocycles. The summed E-state index contributed by atoms with van der Waals surface area (Å²) in [6.45, 7) is 5.39. The van der Waals surface area contributed by atoms with Crippen molar-refractivity contribution < 1.29 is 13.2 Å². The zero-order chi connectivity index (χ0) is 20.3. The lowest BCUT2D eigenvalue weighted by Crippen LogP contribution is -2.12. The monoisotopic (exact) mass is 395 g/mol. The summed E-state index contributed by atoms with van der Waals surface area (Å²) < 4.78 is 28.7. The molecule has 0 saturated heterocycles. The van der Waals surface area contributed by atoms with Crippen molar-refractivity contribution in [1.29, 1.82) is 0 Å². The van der Waals surface area contributed by atoms with E-state index < -0.39 is 10.0 Å². The van der Waals surface area contributed by atoms with Gasteiger partial charge in [0.15, 0.2) is 0 Å². The molecule has 1 aromatic heterocycles. The van der Waals surface area contributed by atoms with E-state index in [4.69, 9.17) is 0 Å². The molecule has 144 valence electrons. The van der Waals surface area contributed by atoms with Gasteiger partial charge in [-0.05, 0) is 68.6 Å². The van der Waals surface area contributed by atoms with Crippen LogP contribution in [-0.2, 0) is 10.0 Å². The van der Waals surface area contributed by atoms with Gasteiger partial charge in [-0.3, -0.25) is 9.52 Å². The molecule has 0 bridgehead atoms. The van der Waals surface area contributed by atoms with E-state index in [2.05, 4.69) is 20.0 Å². The summed E-state index contributed by atoms with van der Waals surface area (Å²) in [6.07, 6.45) is 0. The number of carbonyl (C=O) groups excluding carboxylic acids is 1. The van der Waals surface area contributed by atoms with Crippen molar-refractivity contribution in [2.75, 3.05) is 5.32 Å². The van der Waals surface area contributed by atoms with Crippen molar-refractivity contribution in [3.05, 3.63) is 81.8 Å². The minimum Gasteiger partial charge on any atom is -0.363 e. The minimum absolute atomic E-state index is 0.0104. The second-order valence-electron chi connectivity index (χ2n) is 6.37. The number of nitrogens with one attached hydrogen (secondary N) is 1. The van der Waals surface area contributed by atoms with Gasteiger partial charge in [0.05, 0.1) is 4.90 Å². The highest BCUT2D eigenvalue weighted by atomic mass is 32.2. The standard InChI is InChI=1S/C20H20N4O3S/c1-13-5-4-6-16(11-13)19(25)23-17-7-9-18(10-8-17)28(26,27)24-20-21-14(2)12-15(3)22-20/h4-12H,1-3H3,(H2,21,22,23,24,25)/p-1. The Morgan fingerprint density at radius 2 is 1.57 bits per heavy atom. The fraction of sp³-hybridized carbons (Fsp3) is 0.150. The molecule has 7 nitrogen and oxygen atoms in total. The zero-order valence-corrected chi connectivity index (χ0v) is 16.5. The Kier molecular flexibility index (Phi) is 5.41. The van der Waals surface area contributed by atoms with Gasteiger partial charge < -0.3 is 15.3 Å². The lowest BCUT2D eigenvalue weighted by molar-refractivity contribution is 0.102. The van der Waals surface area contributed by atoms with Crippen molar-refractivity contribution >= 4 is 27.6 Å². The molecule has 3 rings (SSSR count). The lowest BCUT2D eigenvalue weighted by Gasteiger charge is -2.15. The van der Waals surface area contributed by atoms with Crippen molar-refractivity contribution in [3.8, 4) is 0 Å². The molecular weight excluding hydrogens is 376 g/mol. The topological polar surface area (TPSA) is 103 Å². The summed E-state index contributed by atoms with van der Waals surface area (Å²) in [5.74, 6) is -0.373. The van der Waals surface area contributed by atoms with Crippen LogP contribution in [0.3, 0.4) is 0 Å². The number of sulfonamides is 1. The number of amides is 1. The molecule has 2 aromatic carbocycles. The van der Waals surface area contributed by atoms with E-state index in [9.17, 15) is 13.2 Å². The highest BCUT2D eigenvalue weighted by Gasteiger charge is 2.13. The van der Waals surface area contributed by atoms with Gasteiger partial charge in [0.25, 0.3) is 5.91 Å². The summed E-state index contributed by atoms with van der Waals surface area (Å²) in [6, 6.07) is 14.7. The Morgan fingerprint density at radius 1 is 0.929 bits per heavy atom. The van der Waals surface area contributed by atoms with Crippen LogP contribution in [0.25, 0.3) is 4.72 Å². The molecule has 0 fully saturated rings. The van der Waals surface area contributed by atoms with Crippen LogP contribution >= 0.6 is 0 Å². The van der Waals surface area contributed by atoms with Crippen LogP contribution in [0.4, 0.5) is 11.6 Å². The largest absolute Gasteiger partial charge is 0.363 e. The third kappa shape index (κ3) is 4.72. The van der Waals surface area contributed by atoms with E-state index in [0.717, 1.165) is 5.56 Å². The molecular formula is C20H19N4O3S-. The smallest absolute Gasteiger partial charge is 0.255 e. The zero-order valence-electron chi connectivity index (χ0n) is 15.7. The predicted molar refractivity (Wildman–Crippen MR) is 107 cm³/mol. The van der Waals surface area contributed by atoms with Crippen LogP contribution in [0.2, 0.25) is 0 Å². The van der Waals surface area contributed by atoms with E-state index in [-0.39, 0.29) is 16.8 Å². The quantitative estimate of drug-likeness (QED) is 0.702. The van der Waals surface area contributed by atoms with Crippen molar-refractivity contribution in [2.45, 2.75) is 25.7 Å². The highest BCUT2D eigenvalue weighted by Crippen LogP contribution is 2.26. The maximum absolute atomic E-state index is 12.5. The average molecular weight is 395 g/mol. The van der Waals surface area contributed by atoms with E-state index in [1.807, 2.05) is 13.0 Å². The Labute approximate surface area is 163 Å². The number of aromatic nitrogens is 2. The summed E-state index contributed by atoms with van der Waals surface area (Å²) in [5, 5.41) is 2.74. The van der Waals surface area contributed by atoms with Crippen LogP contribution in [-0.4, -0.2) is 24.3 Å². The molecule has 28 heavy (non-hydrogen) atoms. The first-order chi connectivity index (χ1) is 13.2. The second kappa shape index (κ2) is 7.77. The van der Waals surface area contributed by atoms with Gasteiger partial charge in [-0.1, -0.05) is 23.8 Å². The Hall–Kier alpha value is -3.26. The maximum Gasteiger partial charge on any atom is 0.255 e. The number of carbonyl (C=O) groups is 1. The summed E-state index contributed by atoms with van der Waals surface area (Å²) in [7, 11) is -3.96. The normalized spacial score (nSPS) is 11.1. The van der Waals surface area contributed by atoms with Gasteiger partial charge in [-0.15, -0.1) is 0 Å². The fourth-order valence-electron chi connectivity index (χ4n) is 2.61. The summed E-state index contributed by atoms with van der Waals surface area (Å²) >= 11 is 0. The molecule has 0 aliphatic rings. The van der Waals surface area contributed by atoms with Gasteiger partial charge in [0.1, 0.15) is 0 Å². The number of hydrogen-bond acceptors (Lipinski definition) is 5. The number of anilines is 1. The number of benzene rings is 2. The van der Waals surface area contributed by atoms with Crippen LogP contribution in [0.1, 0.15) is 27.3 Å². The lowest BCUT2D eigenvalue weighted by atomic mass is 10.1. The van der Waals surface area contributed by atoms with Gasteiger partial charge >= 0.3 is 0 Å². The SMILES string of the molecule is Cc1cccc(C(=O)Nc2ccc(S(=O)(=O)[N-]c3nc(C)cc(C)n3)cc2)c1. The molecule has 8 heteroatoms. The first kappa shape index (κ1) is 19.5. The fourth-order valence-corrected chi connectivity index (χ4v) is 3.49. The molecule has 0 unspecified atom stereocenters. The molecule has 3 aromatic rings. The first-order valence-corrected chi connectivity index (χ1v) is 9.95. The van der Waals surface area contributed by atoms with E-state index in [1.54, 1.807) is 38.1 Å². The van der Waals surface area contributed by atoms with Crippen LogP contribution < -0.4 is 5.32 Å². The highest BCUT2D eigenvalue weighted by molar-refractivity contribution is 7.94. The Bertz CT molecular complexity index is 1110. The molecule has 1 amide bonds. The average Bonchev–Trinajstić information content (AvgIpc) is 2.61. The van der Waals surface area contributed by atoms with E-state index in [0.29, 0.717) is 22.6 Å². The van der Waals surface area contributed by atoms with Crippen LogP contribution in [0.5, 0.6) is 0 Å². The van der Waals surface area contributed by atoms with Gasteiger partial charge in [-0.2, -0.15) is 0 Å². The van der Waals surface area contributed by atoms with E-state index >= 15 is 0 Å². The molecule has 0 spiro atoms. The molecule has 1 N–H and O–H groups in total. The predicted octanol–water partition coefficient (Wildman–Crippen LogP) is 4.05. The van der Waals surface area contributed by atoms with Gasteiger partial charge in [0, 0.05) is 17.2 Å². The van der Waals surface area contributed by atoms with Gasteiger partial charge in [-0.25, -0.2) is 8.42 Å².